The van der Waals surface area contributed by atoms with E-state index in [0.717, 1.165) is 10.0 Å². The second kappa shape index (κ2) is 6.74. The predicted molar refractivity (Wildman–Crippen MR) is 84.4 cm³/mol. The van der Waals surface area contributed by atoms with Gasteiger partial charge in [-0.2, -0.15) is 0 Å². The monoisotopic (exact) mass is 372 g/mol. The summed E-state index contributed by atoms with van der Waals surface area (Å²) in [6.45, 7) is 2.35. The molecule has 21 heavy (non-hydrogen) atoms. The molecule has 0 saturated carbocycles. The molecular formula is C14H17BrN2O3S. The van der Waals surface area contributed by atoms with Crippen LogP contribution in [0.3, 0.4) is 0 Å². The molecule has 5 nitrogen and oxygen atoms in total. The minimum Gasteiger partial charge on any atom is -0.464 e. The summed E-state index contributed by atoms with van der Waals surface area (Å²) in [4.78, 5) is 0.180. The largest absolute Gasteiger partial charge is 0.464 e. The van der Waals surface area contributed by atoms with Gasteiger partial charge in [0.25, 0.3) is 0 Å². The van der Waals surface area contributed by atoms with Crippen molar-refractivity contribution < 1.29 is 12.8 Å². The van der Waals surface area contributed by atoms with Crippen LogP contribution in [-0.4, -0.2) is 15.5 Å². The Morgan fingerprint density at radius 1 is 1.24 bits per heavy atom. The number of furan rings is 1. The van der Waals surface area contributed by atoms with Gasteiger partial charge in [0.15, 0.2) is 0 Å². The smallest absolute Gasteiger partial charge is 0.244 e. The van der Waals surface area contributed by atoms with E-state index in [9.17, 15) is 8.42 Å². The Labute approximate surface area is 132 Å². The van der Waals surface area contributed by atoms with E-state index in [4.69, 9.17) is 4.42 Å². The average Bonchev–Trinajstić information content (AvgIpc) is 2.80. The van der Waals surface area contributed by atoms with E-state index >= 15 is 0 Å². The summed E-state index contributed by atoms with van der Waals surface area (Å²) in [5.74, 6) is 0.983. The second-order valence-electron chi connectivity index (χ2n) is 4.58. The van der Waals surface area contributed by atoms with Crippen LogP contribution in [0.25, 0.3) is 0 Å². The predicted octanol–water partition coefficient (Wildman–Crippen LogP) is 2.55. The highest BCUT2D eigenvalue weighted by molar-refractivity contribution is 9.10. The zero-order chi connectivity index (χ0) is 15.5. The van der Waals surface area contributed by atoms with Gasteiger partial charge in [-0.1, -0.05) is 34.1 Å². The normalized spacial score (nSPS) is 11.8. The maximum absolute atomic E-state index is 12.3. The van der Waals surface area contributed by atoms with E-state index in [-0.39, 0.29) is 11.4 Å². The maximum Gasteiger partial charge on any atom is 0.244 e. The van der Waals surface area contributed by atoms with Gasteiger partial charge in [-0.25, -0.2) is 13.1 Å². The lowest BCUT2D eigenvalue weighted by atomic mass is 10.2. The topological polar surface area (TPSA) is 71.3 Å². The van der Waals surface area contributed by atoms with E-state index in [1.807, 2.05) is 24.3 Å². The van der Waals surface area contributed by atoms with Crippen molar-refractivity contribution in [1.82, 2.24) is 10.0 Å². The highest BCUT2D eigenvalue weighted by atomic mass is 79.9. The second-order valence-corrected chi connectivity index (χ2v) is 7.17. The van der Waals surface area contributed by atoms with Gasteiger partial charge in [0.2, 0.25) is 10.0 Å². The molecule has 7 heteroatoms. The van der Waals surface area contributed by atoms with Gasteiger partial charge in [0.05, 0.1) is 6.54 Å². The molecule has 0 aliphatic rings. The first kappa shape index (κ1) is 16.2. The molecule has 0 atom stereocenters. The summed E-state index contributed by atoms with van der Waals surface area (Å²) in [6.07, 6.45) is 0. The maximum atomic E-state index is 12.3. The van der Waals surface area contributed by atoms with Crippen molar-refractivity contribution in [2.45, 2.75) is 24.9 Å². The molecule has 2 rings (SSSR count). The van der Waals surface area contributed by atoms with Gasteiger partial charge in [-0.3, -0.25) is 0 Å². The molecule has 1 aromatic carbocycles. The van der Waals surface area contributed by atoms with E-state index < -0.39 is 10.0 Å². The van der Waals surface area contributed by atoms with E-state index in [1.165, 1.54) is 0 Å². The highest BCUT2D eigenvalue weighted by Gasteiger charge is 2.21. The molecule has 0 fully saturated rings. The van der Waals surface area contributed by atoms with Crippen LogP contribution < -0.4 is 10.0 Å². The molecule has 0 aliphatic carbocycles. The number of aryl methyl sites for hydroxylation is 1. The van der Waals surface area contributed by atoms with Crippen LogP contribution in [0.15, 0.2) is 44.1 Å². The third-order valence-electron chi connectivity index (χ3n) is 2.97. The van der Waals surface area contributed by atoms with Crippen molar-refractivity contribution in [3.05, 3.63) is 51.9 Å². The van der Waals surface area contributed by atoms with Gasteiger partial charge in [0, 0.05) is 17.1 Å². The van der Waals surface area contributed by atoms with E-state index in [1.54, 1.807) is 20.0 Å². The van der Waals surface area contributed by atoms with Gasteiger partial charge in [-0.15, -0.1) is 0 Å². The van der Waals surface area contributed by atoms with Crippen molar-refractivity contribution in [1.29, 1.82) is 0 Å². The minimum absolute atomic E-state index is 0.180. The van der Waals surface area contributed by atoms with Crippen LogP contribution in [0.5, 0.6) is 0 Å². The SMILES string of the molecule is CNCc1cc(S(=O)(=O)NCc2ccccc2Br)c(C)o1. The Hall–Kier alpha value is -1.15. The van der Waals surface area contributed by atoms with Crippen molar-refractivity contribution in [2.24, 2.45) is 0 Å². The molecule has 1 heterocycles. The zero-order valence-electron chi connectivity index (χ0n) is 11.8. The summed E-state index contributed by atoms with van der Waals surface area (Å²) in [7, 11) is -1.82. The number of hydrogen-bond acceptors (Lipinski definition) is 4. The Balaban J connectivity index is 2.17. The first-order valence-electron chi connectivity index (χ1n) is 6.41. The van der Waals surface area contributed by atoms with Crippen LogP contribution in [0.1, 0.15) is 17.1 Å². The summed E-state index contributed by atoms with van der Waals surface area (Å²) in [6, 6.07) is 9.03. The lowest BCUT2D eigenvalue weighted by molar-refractivity contribution is 0.465. The standard InChI is InChI=1S/C14H17BrN2O3S/c1-10-14(7-12(20-10)9-16-2)21(18,19)17-8-11-5-3-4-6-13(11)15/h3-7,16-17H,8-9H2,1-2H3. The van der Waals surface area contributed by atoms with Gasteiger partial charge < -0.3 is 9.73 Å². The number of hydrogen-bond donors (Lipinski definition) is 2. The van der Waals surface area contributed by atoms with Crippen molar-refractivity contribution in [3.63, 3.8) is 0 Å². The molecule has 114 valence electrons. The molecular weight excluding hydrogens is 356 g/mol. The fourth-order valence-electron chi connectivity index (χ4n) is 1.94. The minimum atomic E-state index is -3.60. The van der Waals surface area contributed by atoms with Crippen LogP contribution in [0, 0.1) is 6.92 Å². The highest BCUT2D eigenvalue weighted by Crippen LogP contribution is 2.21. The number of halogens is 1. The van der Waals surface area contributed by atoms with Crippen molar-refractivity contribution in [2.75, 3.05) is 7.05 Å². The first-order chi connectivity index (χ1) is 9.94. The number of benzene rings is 1. The molecule has 2 aromatic rings. The fourth-order valence-corrected chi connectivity index (χ4v) is 3.58. The third kappa shape index (κ3) is 3.94. The summed E-state index contributed by atoms with van der Waals surface area (Å²) < 4.78 is 33.6. The van der Waals surface area contributed by atoms with Crippen LogP contribution in [0.2, 0.25) is 0 Å². The van der Waals surface area contributed by atoms with Crippen LogP contribution >= 0.6 is 15.9 Å². The molecule has 0 unspecified atom stereocenters. The quantitative estimate of drug-likeness (QED) is 0.817. The molecule has 0 amide bonds. The lowest BCUT2D eigenvalue weighted by Gasteiger charge is -2.07. The Morgan fingerprint density at radius 3 is 2.62 bits per heavy atom. The molecule has 0 aliphatic heterocycles. The average molecular weight is 373 g/mol. The first-order valence-corrected chi connectivity index (χ1v) is 8.68. The number of sulfonamides is 1. The molecule has 0 radical (unpaired) electrons. The van der Waals surface area contributed by atoms with Crippen molar-refractivity contribution >= 4 is 26.0 Å². The van der Waals surface area contributed by atoms with Crippen molar-refractivity contribution in [3.8, 4) is 0 Å². The molecule has 0 saturated heterocycles. The van der Waals surface area contributed by atoms with E-state index in [2.05, 4.69) is 26.0 Å². The number of nitrogens with one attached hydrogen (secondary N) is 2. The molecule has 0 bridgehead atoms. The Kier molecular flexibility index (Phi) is 5.21. The van der Waals surface area contributed by atoms with Crippen LogP contribution in [-0.2, 0) is 23.1 Å². The summed E-state index contributed by atoms with van der Waals surface area (Å²) in [5.41, 5.74) is 0.873. The lowest BCUT2D eigenvalue weighted by Crippen LogP contribution is -2.23. The fraction of sp³-hybridized carbons (Fsp3) is 0.286. The summed E-state index contributed by atoms with van der Waals surface area (Å²) in [5, 5.41) is 2.93. The Morgan fingerprint density at radius 2 is 1.95 bits per heavy atom. The van der Waals surface area contributed by atoms with Gasteiger partial charge in [0.1, 0.15) is 16.4 Å². The molecule has 2 N–H and O–H groups in total. The van der Waals surface area contributed by atoms with Crippen LogP contribution in [0.4, 0.5) is 0 Å². The molecule has 0 spiro atoms. The zero-order valence-corrected chi connectivity index (χ0v) is 14.2. The number of rotatable bonds is 6. The molecule has 1 aromatic heterocycles. The van der Waals surface area contributed by atoms with Gasteiger partial charge in [-0.05, 0) is 25.6 Å². The Bertz CT molecular complexity index is 726. The summed E-state index contributed by atoms with van der Waals surface area (Å²) >= 11 is 3.40. The van der Waals surface area contributed by atoms with Gasteiger partial charge >= 0.3 is 0 Å². The third-order valence-corrected chi connectivity index (χ3v) is 5.26. The van der Waals surface area contributed by atoms with E-state index in [0.29, 0.717) is 18.1 Å².